The van der Waals surface area contributed by atoms with E-state index in [0.717, 1.165) is 12.1 Å². The predicted molar refractivity (Wildman–Crippen MR) is 86.2 cm³/mol. The van der Waals surface area contributed by atoms with E-state index >= 15 is 0 Å². The molecule has 1 aromatic heterocycles. The highest BCUT2D eigenvalue weighted by atomic mass is 32.2. The molecule has 0 bridgehead atoms. The van der Waals surface area contributed by atoms with Gasteiger partial charge < -0.3 is 9.73 Å². The molecular formula is C16H12F3N3OS. The summed E-state index contributed by atoms with van der Waals surface area (Å²) in [4.78, 5) is 0. The topological polar surface area (TPSA) is 51.0 Å². The molecule has 1 N–H and O–H groups in total. The van der Waals surface area contributed by atoms with E-state index in [1.54, 1.807) is 30.3 Å². The van der Waals surface area contributed by atoms with Gasteiger partial charge in [-0.2, -0.15) is 13.2 Å². The number of aromatic nitrogens is 2. The van der Waals surface area contributed by atoms with Crippen LogP contribution in [-0.4, -0.2) is 16.5 Å². The van der Waals surface area contributed by atoms with Crippen LogP contribution in [-0.2, 0) is 6.18 Å². The molecule has 3 rings (SSSR count). The Balaban J connectivity index is 1.94. The van der Waals surface area contributed by atoms with Gasteiger partial charge in [-0.05, 0) is 36.6 Å². The van der Waals surface area contributed by atoms with Gasteiger partial charge in [-0.1, -0.05) is 30.0 Å². The first kappa shape index (κ1) is 16.4. The Labute approximate surface area is 140 Å². The minimum Gasteiger partial charge on any atom is -0.411 e. The summed E-state index contributed by atoms with van der Waals surface area (Å²) in [6.45, 7) is 0. The van der Waals surface area contributed by atoms with Crippen molar-refractivity contribution in [3.63, 3.8) is 0 Å². The molecule has 2 aromatic carbocycles. The number of anilines is 2. The molecule has 8 heteroatoms. The summed E-state index contributed by atoms with van der Waals surface area (Å²) >= 11 is 1.31. The first-order valence-corrected chi connectivity index (χ1v) is 8.11. The third kappa shape index (κ3) is 3.53. The molecule has 0 saturated heterocycles. The Hall–Kier alpha value is -2.48. The fraction of sp³-hybridized carbons (Fsp3) is 0.125. The summed E-state index contributed by atoms with van der Waals surface area (Å²) < 4.78 is 44.0. The summed E-state index contributed by atoms with van der Waals surface area (Å²) in [6, 6.07) is 12.0. The third-order valence-corrected chi connectivity index (χ3v) is 3.72. The number of hydrogen-bond donors (Lipinski definition) is 1. The van der Waals surface area contributed by atoms with Crippen molar-refractivity contribution in [1.82, 2.24) is 10.2 Å². The second-order valence-electron chi connectivity index (χ2n) is 4.83. The van der Waals surface area contributed by atoms with Crippen molar-refractivity contribution in [3.05, 3.63) is 54.1 Å². The Morgan fingerprint density at radius 3 is 2.54 bits per heavy atom. The fourth-order valence-electron chi connectivity index (χ4n) is 2.11. The van der Waals surface area contributed by atoms with E-state index in [-0.39, 0.29) is 0 Å². The van der Waals surface area contributed by atoms with Crippen molar-refractivity contribution in [1.29, 1.82) is 0 Å². The average Bonchev–Trinajstić information content (AvgIpc) is 3.04. The van der Waals surface area contributed by atoms with Gasteiger partial charge in [0.2, 0.25) is 0 Å². The van der Waals surface area contributed by atoms with Gasteiger partial charge in [-0.3, -0.25) is 0 Å². The van der Waals surface area contributed by atoms with Crippen molar-refractivity contribution in [2.24, 2.45) is 0 Å². The van der Waals surface area contributed by atoms with Gasteiger partial charge in [0, 0.05) is 5.69 Å². The Bertz CT molecular complexity index is 848. The van der Waals surface area contributed by atoms with Crippen molar-refractivity contribution < 1.29 is 17.6 Å². The summed E-state index contributed by atoms with van der Waals surface area (Å²) in [6.07, 6.45) is -2.58. The van der Waals surface area contributed by atoms with Crippen LogP contribution in [0.4, 0.5) is 24.5 Å². The zero-order valence-electron chi connectivity index (χ0n) is 12.5. The van der Waals surface area contributed by atoms with E-state index in [1.807, 2.05) is 6.26 Å². The molecule has 0 saturated carbocycles. The number of hydrogen-bond acceptors (Lipinski definition) is 5. The lowest BCUT2D eigenvalue weighted by Crippen LogP contribution is -2.05. The molecule has 0 aliphatic rings. The molecule has 0 radical (unpaired) electrons. The van der Waals surface area contributed by atoms with Crippen molar-refractivity contribution in [2.75, 3.05) is 11.6 Å². The second kappa shape index (κ2) is 6.56. The molecule has 0 amide bonds. The van der Waals surface area contributed by atoms with Crippen LogP contribution in [0.3, 0.4) is 0 Å². The van der Waals surface area contributed by atoms with Gasteiger partial charge in [-0.25, -0.2) is 0 Å². The smallest absolute Gasteiger partial charge is 0.411 e. The van der Waals surface area contributed by atoms with Gasteiger partial charge in [-0.15, -0.1) is 10.2 Å². The summed E-state index contributed by atoms with van der Waals surface area (Å²) in [5, 5.41) is 11.2. The SMILES string of the molecule is CSc1nnc(-c2ccccc2Nc2cccc(C(F)(F)F)c2)o1. The van der Waals surface area contributed by atoms with E-state index in [0.29, 0.717) is 28.1 Å². The minimum atomic E-state index is -4.39. The molecule has 0 spiro atoms. The maximum Gasteiger partial charge on any atom is 0.416 e. The van der Waals surface area contributed by atoms with Gasteiger partial charge in [0.25, 0.3) is 11.1 Å². The van der Waals surface area contributed by atoms with Crippen LogP contribution in [0.1, 0.15) is 5.56 Å². The zero-order chi connectivity index (χ0) is 17.2. The lowest BCUT2D eigenvalue weighted by molar-refractivity contribution is -0.137. The van der Waals surface area contributed by atoms with Crippen LogP contribution in [0.25, 0.3) is 11.5 Å². The standard InChI is InChI=1S/C16H12F3N3OS/c1-24-15-22-21-14(23-15)12-7-2-3-8-13(12)20-11-6-4-5-10(9-11)16(17,18)19/h2-9,20H,1H3. The van der Waals surface area contributed by atoms with Crippen LogP contribution in [0.15, 0.2) is 58.2 Å². The second-order valence-corrected chi connectivity index (χ2v) is 5.58. The molecule has 1 heterocycles. The minimum absolute atomic E-state index is 0.300. The first-order valence-electron chi connectivity index (χ1n) is 6.88. The molecule has 0 aliphatic heterocycles. The fourth-order valence-corrected chi connectivity index (χ4v) is 2.39. The number of nitrogens with zero attached hydrogens (tertiary/aromatic N) is 2. The lowest BCUT2D eigenvalue weighted by atomic mass is 10.1. The molecule has 0 aliphatic carbocycles. The quantitative estimate of drug-likeness (QED) is 0.653. The summed E-state index contributed by atoms with van der Waals surface area (Å²) in [7, 11) is 0. The van der Waals surface area contributed by atoms with E-state index in [1.165, 1.54) is 17.8 Å². The number of thioether (sulfide) groups is 1. The molecule has 0 atom stereocenters. The number of halogens is 3. The van der Waals surface area contributed by atoms with Gasteiger partial charge in [0.15, 0.2) is 0 Å². The average molecular weight is 351 g/mol. The number of alkyl halides is 3. The van der Waals surface area contributed by atoms with Crippen molar-refractivity contribution in [2.45, 2.75) is 11.4 Å². The number of benzene rings is 2. The molecule has 4 nitrogen and oxygen atoms in total. The van der Waals surface area contributed by atoms with Gasteiger partial charge in [0.05, 0.1) is 16.8 Å². The molecule has 3 aromatic rings. The van der Waals surface area contributed by atoms with E-state index in [2.05, 4.69) is 15.5 Å². The highest BCUT2D eigenvalue weighted by Gasteiger charge is 2.30. The van der Waals surface area contributed by atoms with Crippen LogP contribution < -0.4 is 5.32 Å². The highest BCUT2D eigenvalue weighted by Crippen LogP contribution is 2.34. The van der Waals surface area contributed by atoms with Gasteiger partial charge in [0.1, 0.15) is 0 Å². The molecular weight excluding hydrogens is 339 g/mol. The summed E-state index contributed by atoms with van der Waals surface area (Å²) in [5.41, 5.74) is 0.796. The Morgan fingerprint density at radius 2 is 1.83 bits per heavy atom. The molecule has 124 valence electrons. The van der Waals surface area contributed by atoms with Gasteiger partial charge >= 0.3 is 6.18 Å². The molecule has 0 fully saturated rings. The Kier molecular flexibility index (Phi) is 4.48. The predicted octanol–water partition coefficient (Wildman–Crippen LogP) is 5.22. The molecule has 24 heavy (non-hydrogen) atoms. The lowest BCUT2D eigenvalue weighted by Gasteiger charge is -2.12. The van der Waals surface area contributed by atoms with Crippen molar-refractivity contribution in [3.8, 4) is 11.5 Å². The Morgan fingerprint density at radius 1 is 1.04 bits per heavy atom. The number of rotatable bonds is 4. The maximum atomic E-state index is 12.8. The third-order valence-electron chi connectivity index (χ3n) is 3.21. The maximum absolute atomic E-state index is 12.8. The van der Waals surface area contributed by atoms with E-state index < -0.39 is 11.7 Å². The van der Waals surface area contributed by atoms with E-state index in [4.69, 9.17) is 4.42 Å². The first-order chi connectivity index (χ1) is 11.5. The normalized spacial score (nSPS) is 11.5. The van der Waals surface area contributed by atoms with Crippen LogP contribution in [0.2, 0.25) is 0 Å². The number of para-hydroxylation sites is 1. The van der Waals surface area contributed by atoms with E-state index in [9.17, 15) is 13.2 Å². The van der Waals surface area contributed by atoms with Crippen molar-refractivity contribution >= 4 is 23.1 Å². The van der Waals surface area contributed by atoms with Crippen LogP contribution in [0.5, 0.6) is 0 Å². The zero-order valence-corrected chi connectivity index (χ0v) is 13.3. The van der Waals surface area contributed by atoms with Crippen LogP contribution in [0, 0.1) is 0 Å². The summed E-state index contributed by atoms with van der Waals surface area (Å²) in [5.74, 6) is 0.300. The molecule has 0 unspecified atom stereocenters. The highest BCUT2D eigenvalue weighted by molar-refractivity contribution is 7.98. The van der Waals surface area contributed by atoms with Crippen LogP contribution >= 0.6 is 11.8 Å². The monoisotopic (exact) mass is 351 g/mol. The number of nitrogens with one attached hydrogen (secondary N) is 1. The largest absolute Gasteiger partial charge is 0.416 e.